The van der Waals surface area contributed by atoms with E-state index < -0.39 is 0 Å². The second-order valence-corrected chi connectivity index (χ2v) is 5.63. The van der Waals surface area contributed by atoms with E-state index in [1.54, 1.807) is 12.1 Å². The molecule has 0 aliphatic carbocycles. The summed E-state index contributed by atoms with van der Waals surface area (Å²) in [4.78, 5) is 12.6. The number of hydrogen-bond acceptors (Lipinski definition) is 3. The summed E-state index contributed by atoms with van der Waals surface area (Å²) in [6, 6.07) is 7.22. The smallest absolute Gasteiger partial charge is 0.267 e. The summed E-state index contributed by atoms with van der Waals surface area (Å²) in [6.45, 7) is 1.93. The summed E-state index contributed by atoms with van der Waals surface area (Å²) in [5, 5.41) is 13.8. The van der Waals surface area contributed by atoms with E-state index in [0.717, 1.165) is 11.1 Å². The highest BCUT2D eigenvalue weighted by molar-refractivity contribution is 7.13. The number of nitrogens with one attached hydrogen (secondary N) is 1. The average Bonchev–Trinajstić information content (AvgIpc) is 2.81. The molecule has 0 aliphatic heterocycles. The number of carbonyl (C=O) groups is 1. The molecule has 0 saturated carbocycles. The minimum absolute atomic E-state index is 0.0577. The van der Waals surface area contributed by atoms with Crippen LogP contribution in [-0.2, 0) is 0 Å². The van der Waals surface area contributed by atoms with Crippen LogP contribution in [0.3, 0.4) is 0 Å². The fourth-order valence-electron chi connectivity index (χ4n) is 1.63. The molecule has 0 bridgehead atoms. The van der Waals surface area contributed by atoms with Crippen molar-refractivity contribution in [3.05, 3.63) is 50.7 Å². The first kappa shape index (κ1) is 15.6. The van der Waals surface area contributed by atoms with Crippen LogP contribution in [0.25, 0.3) is 0 Å². The maximum atomic E-state index is 12.1. The Labute approximate surface area is 132 Å². The summed E-state index contributed by atoms with van der Waals surface area (Å²) < 4.78 is 0. The number of benzene rings is 1. The Kier molecular flexibility index (Phi) is 5.40. The molecule has 0 radical (unpaired) electrons. The van der Waals surface area contributed by atoms with Gasteiger partial charge in [0, 0.05) is 17.7 Å². The van der Waals surface area contributed by atoms with Crippen molar-refractivity contribution in [2.75, 3.05) is 11.9 Å². The van der Waals surface area contributed by atoms with Crippen molar-refractivity contribution in [1.29, 1.82) is 0 Å². The number of anilines is 1. The zero-order chi connectivity index (χ0) is 15.2. The molecule has 0 unspecified atom stereocenters. The van der Waals surface area contributed by atoms with E-state index in [-0.39, 0.29) is 12.5 Å². The Balaban J connectivity index is 2.05. The van der Waals surface area contributed by atoms with Crippen LogP contribution in [0.5, 0.6) is 0 Å². The van der Waals surface area contributed by atoms with Crippen molar-refractivity contribution in [2.45, 2.75) is 13.3 Å². The van der Waals surface area contributed by atoms with Crippen molar-refractivity contribution < 1.29 is 9.90 Å². The van der Waals surface area contributed by atoms with Crippen molar-refractivity contribution in [2.24, 2.45) is 0 Å². The Morgan fingerprint density at radius 2 is 2.10 bits per heavy atom. The van der Waals surface area contributed by atoms with Gasteiger partial charge in [-0.3, -0.25) is 4.79 Å². The van der Waals surface area contributed by atoms with Gasteiger partial charge in [-0.25, -0.2) is 0 Å². The molecule has 21 heavy (non-hydrogen) atoms. The molecule has 0 fully saturated rings. The van der Waals surface area contributed by atoms with Gasteiger partial charge in [0.15, 0.2) is 0 Å². The Morgan fingerprint density at radius 3 is 2.67 bits per heavy atom. The third-order valence-electron chi connectivity index (χ3n) is 2.72. The van der Waals surface area contributed by atoms with E-state index in [1.165, 1.54) is 11.3 Å². The number of aliphatic hydroxyl groups is 1. The van der Waals surface area contributed by atoms with Crippen molar-refractivity contribution in [3.63, 3.8) is 0 Å². The minimum Gasteiger partial charge on any atom is -0.395 e. The molecule has 0 saturated heterocycles. The zero-order valence-electron chi connectivity index (χ0n) is 11.4. The largest absolute Gasteiger partial charge is 0.395 e. The normalized spacial score (nSPS) is 9.86. The van der Waals surface area contributed by atoms with Gasteiger partial charge in [0.05, 0.1) is 11.6 Å². The van der Waals surface area contributed by atoms with Gasteiger partial charge in [-0.2, -0.15) is 0 Å². The lowest BCUT2D eigenvalue weighted by Crippen LogP contribution is -2.10. The SMILES string of the molecule is Cc1csc(C(=O)Nc2ccc(C#CCCO)cc2)c1Cl. The number of aliphatic hydroxyl groups excluding tert-OH is 1. The fraction of sp³-hybridized carbons (Fsp3) is 0.188. The Bertz CT molecular complexity index is 695. The second kappa shape index (κ2) is 7.28. The van der Waals surface area contributed by atoms with Gasteiger partial charge in [-0.15, -0.1) is 11.3 Å². The predicted molar refractivity (Wildman–Crippen MR) is 87.0 cm³/mol. The minimum atomic E-state index is -0.211. The van der Waals surface area contributed by atoms with Crippen LogP contribution >= 0.6 is 22.9 Å². The van der Waals surface area contributed by atoms with Gasteiger partial charge < -0.3 is 10.4 Å². The molecule has 3 nitrogen and oxygen atoms in total. The molecule has 1 aromatic carbocycles. The first-order chi connectivity index (χ1) is 10.1. The third kappa shape index (κ3) is 4.08. The number of aryl methyl sites for hydroxylation is 1. The molecule has 1 heterocycles. The van der Waals surface area contributed by atoms with Crippen LogP contribution in [0.15, 0.2) is 29.6 Å². The molecule has 108 valence electrons. The van der Waals surface area contributed by atoms with Crippen molar-refractivity contribution in [3.8, 4) is 11.8 Å². The molecule has 5 heteroatoms. The molecule has 1 aromatic heterocycles. The van der Waals surface area contributed by atoms with Crippen LogP contribution < -0.4 is 5.32 Å². The van der Waals surface area contributed by atoms with E-state index in [4.69, 9.17) is 16.7 Å². The fourth-order valence-corrected chi connectivity index (χ4v) is 2.80. The monoisotopic (exact) mass is 319 g/mol. The molecule has 0 aliphatic rings. The van der Waals surface area contributed by atoms with E-state index in [1.807, 2.05) is 24.4 Å². The predicted octanol–water partition coefficient (Wildman–Crippen LogP) is 3.70. The van der Waals surface area contributed by atoms with Gasteiger partial charge >= 0.3 is 0 Å². The number of thiophene rings is 1. The number of halogens is 1. The highest BCUT2D eigenvalue weighted by atomic mass is 35.5. The van der Waals surface area contributed by atoms with Crippen LogP contribution in [0.4, 0.5) is 5.69 Å². The molecule has 1 amide bonds. The molecule has 2 rings (SSSR count). The zero-order valence-corrected chi connectivity index (χ0v) is 13.0. The van der Waals surface area contributed by atoms with Gasteiger partial charge in [0.1, 0.15) is 4.88 Å². The summed E-state index contributed by atoms with van der Waals surface area (Å²) >= 11 is 7.41. The van der Waals surface area contributed by atoms with E-state index in [9.17, 15) is 4.79 Å². The van der Waals surface area contributed by atoms with Gasteiger partial charge in [-0.1, -0.05) is 23.4 Å². The number of rotatable bonds is 3. The lowest BCUT2D eigenvalue weighted by Gasteiger charge is -2.04. The van der Waals surface area contributed by atoms with Gasteiger partial charge in [0.25, 0.3) is 5.91 Å². The van der Waals surface area contributed by atoms with Gasteiger partial charge in [0.2, 0.25) is 0 Å². The van der Waals surface area contributed by atoms with Gasteiger partial charge in [-0.05, 0) is 42.1 Å². The first-order valence-corrected chi connectivity index (χ1v) is 7.62. The van der Waals surface area contributed by atoms with Crippen LogP contribution in [0, 0.1) is 18.8 Å². The molecular formula is C16H14ClNO2S. The number of amides is 1. The number of carbonyl (C=O) groups excluding carboxylic acids is 1. The molecule has 2 aromatic rings. The summed E-state index contributed by atoms with van der Waals surface area (Å²) in [5.74, 6) is 5.56. The molecule has 0 atom stereocenters. The van der Waals surface area contributed by atoms with Crippen LogP contribution in [0.1, 0.15) is 27.2 Å². The summed E-state index contributed by atoms with van der Waals surface area (Å²) in [5.41, 5.74) is 2.43. The standard InChI is InChI=1S/C16H14ClNO2S/c1-11-10-21-15(14(11)17)16(20)18-13-7-5-12(6-8-13)4-2-3-9-19/h5-8,10,19H,3,9H2,1H3,(H,18,20). The Morgan fingerprint density at radius 1 is 1.38 bits per heavy atom. The third-order valence-corrected chi connectivity index (χ3v) is 4.41. The molecule has 0 spiro atoms. The topological polar surface area (TPSA) is 49.3 Å². The van der Waals surface area contributed by atoms with Crippen LogP contribution in [-0.4, -0.2) is 17.6 Å². The first-order valence-electron chi connectivity index (χ1n) is 6.36. The van der Waals surface area contributed by atoms with Crippen molar-refractivity contribution in [1.82, 2.24) is 0 Å². The van der Waals surface area contributed by atoms with Crippen molar-refractivity contribution >= 4 is 34.5 Å². The molecular weight excluding hydrogens is 306 g/mol. The lowest BCUT2D eigenvalue weighted by atomic mass is 10.2. The Hall–Kier alpha value is -1.80. The maximum Gasteiger partial charge on any atom is 0.267 e. The quantitative estimate of drug-likeness (QED) is 0.848. The second-order valence-electron chi connectivity index (χ2n) is 4.37. The lowest BCUT2D eigenvalue weighted by molar-refractivity contribution is 0.103. The van der Waals surface area contributed by atoms with E-state index >= 15 is 0 Å². The number of hydrogen-bond donors (Lipinski definition) is 2. The summed E-state index contributed by atoms with van der Waals surface area (Å²) in [7, 11) is 0. The maximum absolute atomic E-state index is 12.1. The highest BCUT2D eigenvalue weighted by Crippen LogP contribution is 2.27. The summed E-state index contributed by atoms with van der Waals surface area (Å²) in [6.07, 6.45) is 0.453. The molecule has 2 N–H and O–H groups in total. The highest BCUT2D eigenvalue weighted by Gasteiger charge is 2.14. The average molecular weight is 320 g/mol. The van der Waals surface area contributed by atoms with E-state index in [2.05, 4.69) is 17.2 Å². The van der Waals surface area contributed by atoms with Crippen LogP contribution in [0.2, 0.25) is 5.02 Å². The van der Waals surface area contributed by atoms with E-state index in [0.29, 0.717) is 22.0 Å².